The van der Waals surface area contributed by atoms with Crippen LogP contribution >= 0.6 is 0 Å². The normalized spacial score (nSPS) is 16.2. The number of amides is 1. The molecular weight excluding hydrogens is 504 g/mol. The number of fused-ring (bicyclic) bond motifs is 1. The second kappa shape index (κ2) is 10.9. The highest BCUT2D eigenvalue weighted by molar-refractivity contribution is 7.89. The zero-order valence-electron chi connectivity index (χ0n) is 20.4. The van der Waals surface area contributed by atoms with Crippen molar-refractivity contribution in [3.8, 4) is 0 Å². The number of rotatable bonds is 12. The second-order valence-electron chi connectivity index (χ2n) is 8.82. The van der Waals surface area contributed by atoms with Gasteiger partial charge in [-0.2, -0.15) is 9.82 Å². The average molecular weight is 535 g/mol. The van der Waals surface area contributed by atoms with E-state index in [-0.39, 0.29) is 41.0 Å². The molecule has 14 nitrogen and oxygen atoms in total. The Balaban J connectivity index is 1.60. The number of carbonyl (C=O) groups excluding carboxylic acids is 1. The predicted octanol–water partition coefficient (Wildman–Crippen LogP) is -0.107. The van der Waals surface area contributed by atoms with Crippen LogP contribution in [0, 0.1) is 13.8 Å². The van der Waals surface area contributed by atoms with Crippen LogP contribution in [0.15, 0.2) is 33.8 Å². The van der Waals surface area contributed by atoms with Crippen LogP contribution in [0.5, 0.6) is 0 Å². The van der Waals surface area contributed by atoms with Crippen LogP contribution < -0.4 is 26.0 Å². The van der Waals surface area contributed by atoms with Crippen LogP contribution in [0.25, 0.3) is 10.9 Å². The number of H-pyrrole nitrogens is 1. The lowest BCUT2D eigenvalue weighted by Gasteiger charge is -2.31. The molecule has 0 radical (unpaired) electrons. The number of benzene rings is 1. The lowest BCUT2D eigenvalue weighted by atomic mass is 10.0. The third kappa shape index (κ3) is 5.80. The lowest BCUT2D eigenvalue weighted by molar-refractivity contribution is -0.145. The van der Waals surface area contributed by atoms with Crippen molar-refractivity contribution in [2.45, 2.75) is 50.0 Å². The van der Waals surface area contributed by atoms with Gasteiger partial charge in [-0.1, -0.05) is 17.3 Å². The molecule has 1 saturated heterocycles. The molecule has 1 amide bonds. The third-order valence-corrected chi connectivity index (χ3v) is 7.84. The predicted molar refractivity (Wildman–Crippen MR) is 132 cm³/mol. The summed E-state index contributed by atoms with van der Waals surface area (Å²) in [6.07, 6.45) is 2.07. The third-order valence-electron chi connectivity index (χ3n) is 6.11. The van der Waals surface area contributed by atoms with E-state index in [2.05, 4.69) is 41.3 Å². The van der Waals surface area contributed by atoms with E-state index in [1.807, 2.05) is 0 Å². The van der Waals surface area contributed by atoms with Crippen molar-refractivity contribution in [3.63, 3.8) is 0 Å². The molecule has 1 fully saturated rings. The lowest BCUT2D eigenvalue weighted by Crippen LogP contribution is -2.65. The highest BCUT2D eigenvalue weighted by Crippen LogP contribution is 2.24. The maximum absolute atomic E-state index is 13.3. The smallest absolute Gasteiger partial charge is 0.345 e. The van der Waals surface area contributed by atoms with Crippen molar-refractivity contribution in [2.75, 3.05) is 19.6 Å². The van der Waals surface area contributed by atoms with Crippen LogP contribution in [-0.2, 0) is 14.8 Å². The van der Waals surface area contributed by atoms with Gasteiger partial charge in [0.25, 0.3) is 5.91 Å². The number of unbranched alkanes of at least 4 members (excludes halogenated alkanes) is 1. The number of aromatic amines is 1. The van der Waals surface area contributed by atoms with Gasteiger partial charge in [-0.15, -0.1) is 0 Å². The van der Waals surface area contributed by atoms with Gasteiger partial charge in [-0.25, -0.2) is 13.2 Å². The first-order valence-corrected chi connectivity index (χ1v) is 13.3. The molecular formula is C22H30N8O6S. The van der Waals surface area contributed by atoms with Crippen molar-refractivity contribution in [1.29, 1.82) is 0 Å². The van der Waals surface area contributed by atoms with E-state index in [1.54, 1.807) is 12.1 Å². The summed E-state index contributed by atoms with van der Waals surface area (Å²) in [5, 5.41) is 33.3. The Morgan fingerprint density at radius 2 is 1.97 bits per heavy atom. The molecule has 1 aromatic carbocycles. The molecule has 4 rings (SSSR count). The van der Waals surface area contributed by atoms with E-state index in [4.69, 9.17) is 4.52 Å². The molecule has 0 spiro atoms. The van der Waals surface area contributed by atoms with Crippen molar-refractivity contribution in [3.05, 3.63) is 41.4 Å². The number of carboxylic acids is 1. The summed E-state index contributed by atoms with van der Waals surface area (Å²) >= 11 is 0. The number of hydrogen-bond acceptors (Lipinski definition) is 10. The van der Waals surface area contributed by atoms with Crippen LogP contribution in [0.4, 0.5) is 0 Å². The number of nitrogens with zero attached hydrogens (tertiary/aromatic N) is 2. The zero-order chi connectivity index (χ0) is 26.6. The van der Waals surface area contributed by atoms with Gasteiger partial charge >= 0.3 is 5.97 Å². The van der Waals surface area contributed by atoms with E-state index in [0.29, 0.717) is 23.9 Å². The molecule has 7 N–H and O–H groups in total. The minimum absolute atomic E-state index is 0.00129. The first-order valence-electron chi connectivity index (χ1n) is 11.8. The average Bonchev–Trinajstić information content (AvgIpc) is 3.59. The summed E-state index contributed by atoms with van der Waals surface area (Å²) in [5.74, 6) is -2.34. The SMILES string of the molecule is Cc1noc(C)c1S(=O)(=O)NC(CCCCNC1NCCN1)(NC(=O)c1cccc2cn[nH]c12)C(=O)O. The molecule has 15 heteroatoms. The van der Waals surface area contributed by atoms with Gasteiger partial charge in [-0.05, 0) is 45.7 Å². The Hall–Kier alpha value is -3.37. The second-order valence-corrected chi connectivity index (χ2v) is 10.4. The van der Waals surface area contributed by atoms with Crippen molar-refractivity contribution in [2.24, 2.45) is 0 Å². The van der Waals surface area contributed by atoms with E-state index in [0.717, 1.165) is 13.1 Å². The Morgan fingerprint density at radius 1 is 1.22 bits per heavy atom. The van der Waals surface area contributed by atoms with Crippen molar-refractivity contribution in [1.82, 2.24) is 41.3 Å². The number of para-hydroxylation sites is 1. The molecule has 2 aromatic heterocycles. The molecule has 0 saturated carbocycles. The minimum atomic E-state index is -4.45. The van der Waals surface area contributed by atoms with E-state index >= 15 is 0 Å². The highest BCUT2D eigenvalue weighted by atomic mass is 32.2. The summed E-state index contributed by atoms with van der Waals surface area (Å²) in [6, 6.07) is 4.86. The van der Waals surface area contributed by atoms with Crippen LogP contribution in [0.1, 0.15) is 41.1 Å². The number of nitrogens with one attached hydrogen (secondary N) is 6. The van der Waals surface area contributed by atoms with E-state index < -0.39 is 27.6 Å². The molecule has 37 heavy (non-hydrogen) atoms. The van der Waals surface area contributed by atoms with Gasteiger partial charge in [0, 0.05) is 18.5 Å². The molecule has 1 aliphatic heterocycles. The zero-order valence-corrected chi connectivity index (χ0v) is 21.2. The number of aliphatic carboxylic acids is 1. The monoisotopic (exact) mass is 534 g/mol. The Bertz CT molecular complexity index is 1360. The molecule has 3 heterocycles. The van der Waals surface area contributed by atoms with Gasteiger partial charge in [0.15, 0.2) is 5.76 Å². The minimum Gasteiger partial charge on any atom is -0.478 e. The Morgan fingerprint density at radius 3 is 2.65 bits per heavy atom. The standard InChI is InChI=1S/C22H30N8O6S/c1-13-18(14(2)36-29-13)37(34,35)30-22(20(32)33,8-3-4-9-23-21-24-10-11-25-21)27-19(31)16-7-5-6-15-12-26-28-17(15)16/h5-7,12,21,23-25,30H,3-4,8-11H2,1-2H3,(H,26,28)(H,27,31)(H,32,33). The number of carbonyl (C=O) groups is 2. The summed E-state index contributed by atoms with van der Waals surface area (Å²) < 4.78 is 33.9. The quantitative estimate of drug-likeness (QED) is 0.121. The fraction of sp³-hybridized carbons (Fsp3) is 0.455. The molecule has 200 valence electrons. The van der Waals surface area contributed by atoms with E-state index in [9.17, 15) is 23.1 Å². The van der Waals surface area contributed by atoms with Gasteiger partial charge < -0.3 is 14.9 Å². The number of sulfonamides is 1. The summed E-state index contributed by atoms with van der Waals surface area (Å²) in [6.45, 7) is 5.04. The molecule has 0 bridgehead atoms. The van der Waals surface area contributed by atoms with Gasteiger partial charge in [0.1, 0.15) is 16.9 Å². The van der Waals surface area contributed by atoms with Gasteiger partial charge in [-0.3, -0.25) is 25.8 Å². The molecule has 3 aromatic rings. The first-order chi connectivity index (χ1) is 17.6. The summed E-state index contributed by atoms with van der Waals surface area (Å²) in [7, 11) is -4.45. The summed E-state index contributed by atoms with van der Waals surface area (Å²) in [4.78, 5) is 25.7. The van der Waals surface area contributed by atoms with Crippen LogP contribution in [-0.4, -0.2) is 72.3 Å². The Kier molecular flexibility index (Phi) is 7.89. The fourth-order valence-electron chi connectivity index (χ4n) is 4.31. The van der Waals surface area contributed by atoms with E-state index in [1.165, 1.54) is 26.1 Å². The number of aromatic nitrogens is 3. The largest absolute Gasteiger partial charge is 0.478 e. The van der Waals surface area contributed by atoms with Crippen LogP contribution in [0.3, 0.4) is 0 Å². The number of hydrogen-bond donors (Lipinski definition) is 7. The molecule has 0 aliphatic carbocycles. The number of carboxylic acid groups (broad SMARTS) is 1. The van der Waals surface area contributed by atoms with Crippen molar-refractivity contribution < 1.29 is 27.6 Å². The molecule has 1 unspecified atom stereocenters. The van der Waals surface area contributed by atoms with Gasteiger partial charge in [0.05, 0.1) is 17.3 Å². The maximum Gasteiger partial charge on any atom is 0.345 e. The number of aryl methyl sites for hydroxylation is 2. The molecule has 1 atom stereocenters. The topological polar surface area (TPSA) is 203 Å². The fourth-order valence-corrected chi connectivity index (χ4v) is 5.96. The summed E-state index contributed by atoms with van der Waals surface area (Å²) in [5.41, 5.74) is -1.76. The first kappa shape index (κ1) is 26.7. The van der Waals surface area contributed by atoms with Crippen molar-refractivity contribution >= 4 is 32.8 Å². The maximum atomic E-state index is 13.3. The highest BCUT2D eigenvalue weighted by Gasteiger charge is 2.45. The van der Waals surface area contributed by atoms with Crippen LogP contribution in [0.2, 0.25) is 0 Å². The Labute approximate surface area is 213 Å². The van der Waals surface area contributed by atoms with Gasteiger partial charge in [0.2, 0.25) is 15.7 Å². The molecule has 1 aliphatic rings.